The molecule has 0 heterocycles. The van der Waals surface area contributed by atoms with Crippen LogP contribution >= 0.6 is 11.6 Å². The first kappa shape index (κ1) is 28.7. The molecule has 0 radical (unpaired) electrons. The lowest BCUT2D eigenvalue weighted by atomic mass is 10.0. The summed E-state index contributed by atoms with van der Waals surface area (Å²) < 4.78 is 5.39. The van der Waals surface area contributed by atoms with Crippen LogP contribution in [0.4, 0.5) is 5.69 Å². The van der Waals surface area contributed by atoms with Gasteiger partial charge in [-0.2, -0.15) is 0 Å². The molecule has 3 aromatic carbocycles. The zero-order chi connectivity index (χ0) is 28.7. The molecule has 202 valence electrons. The Morgan fingerprint density at radius 3 is 2.31 bits per heavy atom. The molecule has 39 heavy (non-hydrogen) atoms. The van der Waals surface area contributed by atoms with Gasteiger partial charge in [0.2, 0.25) is 5.91 Å². The number of guanidine groups is 1. The largest absolute Gasteiger partial charge is 0.480 e. The molecule has 0 aliphatic carbocycles. The van der Waals surface area contributed by atoms with Gasteiger partial charge in [0.1, 0.15) is 12.3 Å². The highest BCUT2D eigenvalue weighted by molar-refractivity contribution is 6.31. The molecule has 3 aromatic rings. The average molecular weight is 553 g/mol. The molecule has 1 atom stereocenters. The van der Waals surface area contributed by atoms with Gasteiger partial charge in [-0.1, -0.05) is 29.8 Å². The first-order chi connectivity index (χ1) is 18.4. The zero-order valence-electron chi connectivity index (χ0n) is 20.7. The molecule has 0 saturated carbocycles. The molecule has 0 aromatic heterocycles. The fourth-order valence-corrected chi connectivity index (χ4v) is 4.09. The highest BCUT2D eigenvalue weighted by Crippen LogP contribution is 2.31. The van der Waals surface area contributed by atoms with E-state index in [0.29, 0.717) is 16.8 Å². The minimum Gasteiger partial charge on any atom is -0.480 e. The molecule has 0 aliphatic rings. The monoisotopic (exact) mass is 552 g/mol. The minimum absolute atomic E-state index is 0.00924. The Bertz CT molecular complexity index is 1430. The molecule has 0 saturated heterocycles. The van der Waals surface area contributed by atoms with Crippen molar-refractivity contribution in [2.45, 2.75) is 19.4 Å². The summed E-state index contributed by atoms with van der Waals surface area (Å²) in [7, 11) is 0. The number of carbonyl (C=O) groups is 4. The first-order valence-corrected chi connectivity index (χ1v) is 11.9. The van der Waals surface area contributed by atoms with Gasteiger partial charge in [0.05, 0.1) is 23.6 Å². The molecule has 11 nitrogen and oxygen atoms in total. The van der Waals surface area contributed by atoms with E-state index in [-0.39, 0.29) is 34.3 Å². The maximum Gasteiger partial charge on any atom is 0.343 e. The lowest BCUT2D eigenvalue weighted by Crippen LogP contribution is -2.38. The van der Waals surface area contributed by atoms with Crippen molar-refractivity contribution in [3.05, 3.63) is 94.0 Å². The Hall–Kier alpha value is -4.90. The third-order valence-electron chi connectivity index (χ3n) is 5.65. The molecule has 0 spiro atoms. The number of nitrogens with two attached hydrogens (primary N) is 1. The lowest BCUT2D eigenvalue weighted by molar-refractivity contribution is -0.145. The summed E-state index contributed by atoms with van der Waals surface area (Å²) in [6.45, 7) is 0.998. The molecular formula is C27H25ClN4O7. The number of nitrogens with zero attached hydrogens (tertiary/aromatic N) is 1. The zero-order valence-corrected chi connectivity index (χ0v) is 21.4. The third-order valence-corrected chi connectivity index (χ3v) is 5.98. The highest BCUT2D eigenvalue weighted by Gasteiger charge is 2.26. The van der Waals surface area contributed by atoms with Gasteiger partial charge in [-0.15, -0.1) is 0 Å². The van der Waals surface area contributed by atoms with Gasteiger partial charge < -0.3 is 30.9 Å². The van der Waals surface area contributed by atoms with Gasteiger partial charge in [0.15, 0.2) is 5.96 Å². The number of hydrogen-bond acceptors (Lipinski definition) is 6. The van der Waals surface area contributed by atoms with Crippen LogP contribution in [0.3, 0.4) is 0 Å². The summed E-state index contributed by atoms with van der Waals surface area (Å²) >= 11 is 6.44. The third kappa shape index (κ3) is 7.79. The maximum absolute atomic E-state index is 13.1. The molecule has 6 N–H and O–H groups in total. The van der Waals surface area contributed by atoms with Crippen LogP contribution in [-0.4, -0.2) is 51.4 Å². The molecular weight excluding hydrogens is 528 g/mol. The predicted molar refractivity (Wildman–Crippen MR) is 143 cm³/mol. The predicted octanol–water partition coefficient (Wildman–Crippen LogP) is 3.78. The van der Waals surface area contributed by atoms with Crippen LogP contribution in [0.2, 0.25) is 5.02 Å². The Kier molecular flexibility index (Phi) is 9.24. The Balaban J connectivity index is 1.76. The van der Waals surface area contributed by atoms with Gasteiger partial charge in [0, 0.05) is 10.7 Å². The van der Waals surface area contributed by atoms with Crippen LogP contribution in [0, 0.1) is 5.41 Å². The van der Waals surface area contributed by atoms with Crippen molar-refractivity contribution in [3.63, 3.8) is 0 Å². The van der Waals surface area contributed by atoms with Gasteiger partial charge >= 0.3 is 17.9 Å². The Morgan fingerprint density at radius 2 is 1.72 bits per heavy atom. The molecule has 0 aliphatic heterocycles. The molecule has 3 rings (SSSR count). The fourth-order valence-electron chi connectivity index (χ4n) is 3.77. The van der Waals surface area contributed by atoms with Crippen molar-refractivity contribution in [3.8, 4) is 5.75 Å². The van der Waals surface area contributed by atoms with E-state index >= 15 is 0 Å². The Labute approximate surface area is 228 Å². The fraction of sp³-hybridized carbons (Fsp3) is 0.148. The van der Waals surface area contributed by atoms with Crippen molar-refractivity contribution in [1.82, 2.24) is 4.90 Å². The van der Waals surface area contributed by atoms with Crippen molar-refractivity contribution in [1.29, 1.82) is 5.41 Å². The first-order valence-electron chi connectivity index (χ1n) is 11.5. The summed E-state index contributed by atoms with van der Waals surface area (Å²) in [6, 6.07) is 15.6. The van der Waals surface area contributed by atoms with Crippen molar-refractivity contribution >= 4 is 47.1 Å². The van der Waals surface area contributed by atoms with Crippen LogP contribution in [0.5, 0.6) is 5.75 Å². The number of esters is 1. The van der Waals surface area contributed by atoms with E-state index in [1.165, 1.54) is 48.5 Å². The summed E-state index contributed by atoms with van der Waals surface area (Å²) in [5.74, 6) is -3.69. The molecule has 0 bridgehead atoms. The van der Waals surface area contributed by atoms with E-state index in [2.05, 4.69) is 5.32 Å². The van der Waals surface area contributed by atoms with Crippen molar-refractivity contribution < 1.29 is 34.1 Å². The normalized spacial score (nSPS) is 11.2. The molecule has 12 heteroatoms. The van der Waals surface area contributed by atoms with Crippen LogP contribution in [0.1, 0.15) is 44.8 Å². The summed E-state index contributed by atoms with van der Waals surface area (Å²) in [4.78, 5) is 49.5. The van der Waals surface area contributed by atoms with E-state index in [1.807, 2.05) is 0 Å². The minimum atomic E-state index is -1.24. The van der Waals surface area contributed by atoms with Crippen LogP contribution in [-0.2, 0) is 16.0 Å². The average Bonchev–Trinajstić information content (AvgIpc) is 2.87. The number of ether oxygens (including phenoxy) is 1. The number of anilines is 1. The number of rotatable bonds is 10. The topological polar surface area (TPSA) is 183 Å². The summed E-state index contributed by atoms with van der Waals surface area (Å²) in [5.41, 5.74) is 6.89. The quantitative estimate of drug-likeness (QED) is 0.108. The number of carboxylic acids is 2. The highest BCUT2D eigenvalue weighted by atomic mass is 35.5. The number of nitrogens with one attached hydrogen (secondary N) is 2. The van der Waals surface area contributed by atoms with E-state index in [1.54, 1.807) is 25.1 Å². The maximum atomic E-state index is 13.1. The summed E-state index contributed by atoms with van der Waals surface area (Å²) in [6.07, 6.45) is -0.215. The van der Waals surface area contributed by atoms with E-state index in [4.69, 9.17) is 27.5 Å². The van der Waals surface area contributed by atoms with Gasteiger partial charge in [0.25, 0.3) is 0 Å². The summed E-state index contributed by atoms with van der Waals surface area (Å²) in [5, 5.41) is 28.6. The van der Waals surface area contributed by atoms with Crippen LogP contribution in [0.25, 0.3) is 0 Å². The van der Waals surface area contributed by atoms with Gasteiger partial charge in [-0.05, 0) is 66.6 Å². The van der Waals surface area contributed by atoms with Gasteiger partial charge in [-0.25, -0.2) is 9.59 Å². The van der Waals surface area contributed by atoms with E-state index < -0.39 is 36.4 Å². The number of carboxylic acid groups (broad SMARTS) is 2. The standard InChI is InChI=1S/C27H25ClN4O7/c1-15(32(14-24(34)35)23(33)12-16-3-2-4-18(11-16)25(36)37)21-10-9-20(13-22(21)28)39-26(38)17-5-7-19(8-6-17)31-27(29)30/h2-11,13,15H,12,14H2,1H3,(H,34,35)(H,36,37)(H4,29,30,31). The lowest BCUT2D eigenvalue weighted by Gasteiger charge is -2.29. The van der Waals surface area contributed by atoms with E-state index in [0.717, 1.165) is 4.90 Å². The Morgan fingerprint density at radius 1 is 1.03 bits per heavy atom. The number of aromatic carboxylic acids is 1. The number of hydrogen-bond donors (Lipinski definition) is 5. The smallest absolute Gasteiger partial charge is 0.343 e. The second-order valence-corrected chi connectivity index (χ2v) is 8.87. The number of aliphatic carboxylic acids is 1. The number of halogens is 1. The molecule has 1 amide bonds. The second kappa shape index (κ2) is 12.6. The molecule has 0 fully saturated rings. The van der Waals surface area contributed by atoms with Crippen molar-refractivity contribution in [2.75, 3.05) is 11.9 Å². The number of carbonyl (C=O) groups excluding carboxylic acids is 2. The SMILES string of the molecule is CC(c1ccc(OC(=O)c2ccc(NC(=N)N)cc2)cc1Cl)N(CC(=O)O)C(=O)Cc1cccc(C(=O)O)c1. The van der Waals surface area contributed by atoms with Crippen LogP contribution < -0.4 is 15.8 Å². The molecule has 1 unspecified atom stereocenters. The van der Waals surface area contributed by atoms with Gasteiger partial charge in [-0.3, -0.25) is 15.0 Å². The second-order valence-electron chi connectivity index (χ2n) is 8.46. The van der Waals surface area contributed by atoms with Crippen LogP contribution in [0.15, 0.2) is 66.7 Å². The van der Waals surface area contributed by atoms with E-state index in [9.17, 15) is 29.4 Å². The van der Waals surface area contributed by atoms with Crippen molar-refractivity contribution in [2.24, 2.45) is 5.73 Å². The number of amides is 1. The number of benzene rings is 3.